The fraction of sp³-hybridized carbons (Fsp3) is 0.120. The minimum Gasteiger partial charge on any atom is -0.481 e. The zero-order valence-electron chi connectivity index (χ0n) is 17.0. The maximum absolute atomic E-state index is 11.7. The van der Waals surface area contributed by atoms with Crippen molar-refractivity contribution in [1.29, 1.82) is 0 Å². The van der Waals surface area contributed by atoms with Crippen molar-refractivity contribution in [3.8, 4) is 27.6 Å². The summed E-state index contributed by atoms with van der Waals surface area (Å²) < 4.78 is 5.56. The summed E-state index contributed by atoms with van der Waals surface area (Å²) in [6, 6.07) is 22.6. The number of hydrogen-bond acceptors (Lipinski definition) is 5. The number of carbonyl (C=O) groups is 1. The number of aromatic nitrogens is 1. The average molecular weight is 428 g/mol. The number of rotatable bonds is 5. The Morgan fingerprint density at radius 3 is 2.81 bits per heavy atom. The number of fused-ring (bicyclic) bond motifs is 1. The Balaban J connectivity index is 1.38. The monoisotopic (exact) mass is 427 g/mol. The molecule has 0 atom stereocenters. The zero-order valence-corrected chi connectivity index (χ0v) is 17.8. The molecule has 154 valence electrons. The summed E-state index contributed by atoms with van der Waals surface area (Å²) in [6.45, 7) is 2.81. The van der Waals surface area contributed by atoms with E-state index in [4.69, 9.17) is 9.72 Å². The van der Waals surface area contributed by atoms with Crippen molar-refractivity contribution in [2.24, 2.45) is 0 Å². The highest BCUT2D eigenvalue weighted by Gasteiger charge is 2.20. The SMILES string of the molecule is Cc1cc(-c2csc(-c3cccc(NCc4ccccc4)c3)n2)cc2c1OCC(=O)N2. The molecule has 2 N–H and O–H groups in total. The smallest absolute Gasteiger partial charge is 0.262 e. The second-order valence-corrected chi connectivity index (χ2v) is 8.32. The van der Waals surface area contributed by atoms with Crippen LogP contribution in [-0.4, -0.2) is 17.5 Å². The molecule has 0 radical (unpaired) electrons. The molecule has 0 saturated carbocycles. The highest BCUT2D eigenvalue weighted by molar-refractivity contribution is 7.13. The van der Waals surface area contributed by atoms with Gasteiger partial charge >= 0.3 is 0 Å². The van der Waals surface area contributed by atoms with Gasteiger partial charge in [0, 0.05) is 28.7 Å². The first-order valence-corrected chi connectivity index (χ1v) is 10.9. The van der Waals surface area contributed by atoms with Crippen LogP contribution in [-0.2, 0) is 11.3 Å². The van der Waals surface area contributed by atoms with Crippen molar-refractivity contribution in [1.82, 2.24) is 4.98 Å². The normalized spacial score (nSPS) is 12.6. The van der Waals surface area contributed by atoms with E-state index in [0.717, 1.165) is 45.4 Å². The van der Waals surface area contributed by atoms with Gasteiger partial charge in [-0.1, -0.05) is 42.5 Å². The van der Waals surface area contributed by atoms with Gasteiger partial charge < -0.3 is 15.4 Å². The van der Waals surface area contributed by atoms with E-state index in [1.165, 1.54) is 5.56 Å². The lowest BCUT2D eigenvalue weighted by molar-refractivity contribution is -0.118. The first-order valence-electron chi connectivity index (χ1n) is 10.1. The van der Waals surface area contributed by atoms with Crippen molar-refractivity contribution in [2.45, 2.75) is 13.5 Å². The number of hydrogen-bond donors (Lipinski definition) is 2. The van der Waals surface area contributed by atoms with Crippen molar-refractivity contribution in [3.05, 3.63) is 83.2 Å². The standard InChI is InChI=1S/C25H21N3O2S/c1-16-10-19(12-21-24(16)30-14-23(29)27-21)22-15-31-25(28-22)18-8-5-9-20(11-18)26-13-17-6-3-2-4-7-17/h2-12,15,26H,13-14H2,1H3,(H,27,29). The number of amides is 1. The van der Waals surface area contributed by atoms with Crippen LogP contribution in [0.5, 0.6) is 5.75 Å². The van der Waals surface area contributed by atoms with Crippen LogP contribution < -0.4 is 15.4 Å². The fourth-order valence-electron chi connectivity index (χ4n) is 3.63. The fourth-order valence-corrected chi connectivity index (χ4v) is 4.46. The van der Waals surface area contributed by atoms with Gasteiger partial charge in [0.2, 0.25) is 0 Å². The lowest BCUT2D eigenvalue weighted by Gasteiger charge is -2.20. The predicted octanol–water partition coefficient (Wildman–Crippen LogP) is 5.73. The Labute approximate surface area is 184 Å². The number of nitrogens with zero attached hydrogens (tertiary/aromatic N) is 1. The van der Waals surface area contributed by atoms with E-state index in [0.29, 0.717) is 5.69 Å². The molecule has 2 heterocycles. The van der Waals surface area contributed by atoms with Gasteiger partial charge in [0.25, 0.3) is 5.91 Å². The van der Waals surface area contributed by atoms with Gasteiger partial charge in [-0.3, -0.25) is 4.79 Å². The zero-order chi connectivity index (χ0) is 21.2. The maximum Gasteiger partial charge on any atom is 0.262 e. The summed E-state index contributed by atoms with van der Waals surface area (Å²) in [5, 5.41) is 9.37. The third-order valence-electron chi connectivity index (χ3n) is 5.15. The number of carbonyl (C=O) groups excluding carboxylic acids is 1. The summed E-state index contributed by atoms with van der Waals surface area (Å²) in [7, 11) is 0. The Hall–Kier alpha value is -3.64. The summed E-state index contributed by atoms with van der Waals surface area (Å²) in [4.78, 5) is 16.6. The van der Waals surface area contributed by atoms with E-state index in [2.05, 4.69) is 41.0 Å². The van der Waals surface area contributed by atoms with Crippen LogP contribution >= 0.6 is 11.3 Å². The Kier molecular flexibility index (Phi) is 5.14. The van der Waals surface area contributed by atoms with E-state index in [1.54, 1.807) is 11.3 Å². The minimum absolute atomic E-state index is 0.0582. The molecule has 3 aromatic carbocycles. The molecule has 4 aromatic rings. The molecule has 1 aliphatic heterocycles. The Bertz CT molecular complexity index is 1250. The number of aryl methyl sites for hydroxylation is 1. The molecule has 1 amide bonds. The van der Waals surface area contributed by atoms with Gasteiger partial charge in [-0.15, -0.1) is 11.3 Å². The number of thiazole rings is 1. The van der Waals surface area contributed by atoms with Crippen LogP contribution in [0.25, 0.3) is 21.8 Å². The highest BCUT2D eigenvalue weighted by atomic mass is 32.1. The summed E-state index contributed by atoms with van der Waals surface area (Å²) in [5.74, 6) is 0.596. The number of anilines is 2. The van der Waals surface area contributed by atoms with Gasteiger partial charge in [0.1, 0.15) is 10.8 Å². The first-order chi connectivity index (χ1) is 15.2. The first kappa shape index (κ1) is 19.3. The second-order valence-electron chi connectivity index (χ2n) is 7.46. The van der Waals surface area contributed by atoms with Crippen LogP contribution in [0.2, 0.25) is 0 Å². The van der Waals surface area contributed by atoms with Gasteiger partial charge in [0.05, 0.1) is 11.4 Å². The predicted molar refractivity (Wildman–Crippen MR) is 126 cm³/mol. The summed E-state index contributed by atoms with van der Waals surface area (Å²) in [6.07, 6.45) is 0. The van der Waals surface area contributed by atoms with Crippen molar-refractivity contribution < 1.29 is 9.53 Å². The third kappa shape index (κ3) is 4.15. The largest absolute Gasteiger partial charge is 0.481 e. The topological polar surface area (TPSA) is 63.3 Å². The third-order valence-corrected chi connectivity index (χ3v) is 6.04. The van der Waals surface area contributed by atoms with E-state index in [9.17, 15) is 4.79 Å². The molecule has 0 bridgehead atoms. The molecule has 0 spiro atoms. The molecule has 5 nitrogen and oxygen atoms in total. The van der Waals surface area contributed by atoms with Crippen LogP contribution in [0.1, 0.15) is 11.1 Å². The number of ether oxygens (including phenoxy) is 1. The number of nitrogens with one attached hydrogen (secondary N) is 2. The maximum atomic E-state index is 11.7. The minimum atomic E-state index is -0.136. The molecule has 6 heteroatoms. The molecule has 0 fully saturated rings. The van der Waals surface area contributed by atoms with Gasteiger partial charge in [-0.25, -0.2) is 4.98 Å². The van der Waals surface area contributed by atoms with E-state index in [-0.39, 0.29) is 12.5 Å². The molecule has 5 rings (SSSR count). The second kappa shape index (κ2) is 8.24. The average Bonchev–Trinajstić information content (AvgIpc) is 3.29. The quantitative estimate of drug-likeness (QED) is 0.427. The Morgan fingerprint density at radius 2 is 1.94 bits per heavy atom. The molecule has 1 aromatic heterocycles. The van der Waals surface area contributed by atoms with Gasteiger partial charge in [-0.2, -0.15) is 0 Å². The van der Waals surface area contributed by atoms with Crippen molar-refractivity contribution in [2.75, 3.05) is 17.2 Å². The lowest BCUT2D eigenvalue weighted by Crippen LogP contribution is -2.25. The van der Waals surface area contributed by atoms with Crippen LogP contribution in [0.4, 0.5) is 11.4 Å². The van der Waals surface area contributed by atoms with Crippen LogP contribution in [0.3, 0.4) is 0 Å². The van der Waals surface area contributed by atoms with Crippen molar-refractivity contribution >= 4 is 28.6 Å². The molecule has 31 heavy (non-hydrogen) atoms. The molecule has 1 aliphatic rings. The van der Waals surface area contributed by atoms with Gasteiger partial charge in [-0.05, 0) is 42.3 Å². The van der Waals surface area contributed by atoms with Crippen LogP contribution in [0, 0.1) is 6.92 Å². The lowest BCUT2D eigenvalue weighted by atomic mass is 10.1. The summed E-state index contributed by atoms with van der Waals surface area (Å²) in [5.41, 5.74) is 6.89. The molecule has 0 saturated heterocycles. The Morgan fingerprint density at radius 1 is 1.06 bits per heavy atom. The highest BCUT2D eigenvalue weighted by Crippen LogP contribution is 2.37. The van der Waals surface area contributed by atoms with E-state index in [1.807, 2.05) is 48.7 Å². The summed E-state index contributed by atoms with van der Waals surface area (Å²) >= 11 is 1.61. The molecular weight excluding hydrogens is 406 g/mol. The van der Waals surface area contributed by atoms with E-state index >= 15 is 0 Å². The van der Waals surface area contributed by atoms with E-state index < -0.39 is 0 Å². The molecule has 0 unspecified atom stereocenters. The van der Waals surface area contributed by atoms with Crippen molar-refractivity contribution in [3.63, 3.8) is 0 Å². The van der Waals surface area contributed by atoms with Crippen LogP contribution in [0.15, 0.2) is 72.1 Å². The molecular formula is C25H21N3O2S. The molecule has 0 aliphatic carbocycles. The van der Waals surface area contributed by atoms with Gasteiger partial charge in [0.15, 0.2) is 6.61 Å². The number of benzene rings is 3.